The fraction of sp³-hybridized carbons (Fsp3) is 0.182. The van der Waals surface area contributed by atoms with Gasteiger partial charge >= 0.3 is 6.03 Å². The molecule has 4 amide bonds. The molecule has 1 unspecified atom stereocenters. The zero-order chi connectivity index (χ0) is 22.0. The Hall–Kier alpha value is -4.14. The van der Waals surface area contributed by atoms with Gasteiger partial charge < -0.3 is 15.5 Å². The largest absolute Gasteiger partial charge is 0.494 e. The number of nitrogens with one attached hydrogen (secondary N) is 2. The number of carbonyl (C=O) groups excluding carboxylic acids is 3. The molecule has 0 saturated carbocycles. The summed E-state index contributed by atoms with van der Waals surface area (Å²) < 4.78 is 1.10. The minimum Gasteiger partial charge on any atom is -0.494 e. The van der Waals surface area contributed by atoms with Gasteiger partial charge in [0.05, 0.1) is 5.39 Å². The summed E-state index contributed by atoms with van der Waals surface area (Å²) in [6.45, 7) is 0.319. The molecule has 1 saturated heterocycles. The number of amides is 4. The van der Waals surface area contributed by atoms with Crippen LogP contribution in [0.5, 0.6) is 11.8 Å². The molecule has 4 N–H and O–H groups in total. The van der Waals surface area contributed by atoms with Crippen molar-refractivity contribution in [3.63, 3.8) is 0 Å². The second kappa shape index (κ2) is 8.31. The van der Waals surface area contributed by atoms with Crippen LogP contribution in [0.2, 0.25) is 0 Å². The van der Waals surface area contributed by atoms with Crippen molar-refractivity contribution in [2.45, 2.75) is 25.4 Å². The first-order valence-electron chi connectivity index (χ1n) is 9.70. The van der Waals surface area contributed by atoms with Crippen molar-refractivity contribution in [1.82, 2.24) is 15.2 Å². The first-order valence-corrected chi connectivity index (χ1v) is 9.70. The lowest BCUT2D eigenvalue weighted by Crippen LogP contribution is -2.41. The van der Waals surface area contributed by atoms with E-state index in [-0.39, 0.29) is 30.0 Å². The first-order chi connectivity index (χ1) is 15.0. The molecule has 2 heterocycles. The van der Waals surface area contributed by atoms with Crippen LogP contribution in [-0.2, 0) is 16.1 Å². The van der Waals surface area contributed by atoms with Crippen molar-refractivity contribution in [3.8, 4) is 11.8 Å². The quantitative estimate of drug-likeness (QED) is 0.380. The van der Waals surface area contributed by atoms with E-state index in [2.05, 4.69) is 15.6 Å². The van der Waals surface area contributed by atoms with Gasteiger partial charge in [-0.25, -0.2) is 9.79 Å². The molecule has 31 heavy (non-hydrogen) atoms. The molecular weight excluding hydrogens is 400 g/mol. The predicted molar refractivity (Wildman–Crippen MR) is 113 cm³/mol. The lowest BCUT2D eigenvalue weighted by Gasteiger charge is -2.23. The van der Waals surface area contributed by atoms with Crippen LogP contribution in [0.15, 0.2) is 53.5 Å². The zero-order valence-corrected chi connectivity index (χ0v) is 16.4. The molecule has 1 aromatic heterocycles. The van der Waals surface area contributed by atoms with Crippen molar-refractivity contribution in [2.24, 2.45) is 4.99 Å². The van der Waals surface area contributed by atoms with Gasteiger partial charge in [0.15, 0.2) is 0 Å². The lowest BCUT2D eigenvalue weighted by molar-refractivity contribution is -0.135. The van der Waals surface area contributed by atoms with E-state index in [0.717, 1.165) is 10.1 Å². The minimum absolute atomic E-state index is 0.0969. The van der Waals surface area contributed by atoms with Crippen molar-refractivity contribution in [3.05, 3.63) is 59.7 Å². The van der Waals surface area contributed by atoms with Gasteiger partial charge in [0.2, 0.25) is 23.6 Å². The number of hydrogen-bond donors (Lipinski definition) is 4. The van der Waals surface area contributed by atoms with Gasteiger partial charge in [-0.05, 0) is 18.1 Å². The molecule has 0 radical (unpaired) electrons. The third-order valence-electron chi connectivity index (χ3n) is 5.15. The molecule has 0 spiro atoms. The average molecular weight is 420 g/mol. The van der Waals surface area contributed by atoms with Crippen molar-refractivity contribution >= 4 is 34.8 Å². The summed E-state index contributed by atoms with van der Waals surface area (Å²) in [4.78, 5) is 39.6. The number of carbonyl (C=O) groups is 3. The number of aromatic hydroxyl groups is 2. The van der Waals surface area contributed by atoms with Crippen molar-refractivity contribution < 1.29 is 24.6 Å². The van der Waals surface area contributed by atoms with Crippen molar-refractivity contribution in [1.29, 1.82) is 0 Å². The van der Waals surface area contributed by atoms with Gasteiger partial charge in [-0.1, -0.05) is 42.5 Å². The highest BCUT2D eigenvalue weighted by Gasteiger charge is 2.33. The summed E-state index contributed by atoms with van der Waals surface area (Å²) in [5.74, 6) is -1.64. The van der Waals surface area contributed by atoms with E-state index in [1.807, 2.05) is 30.3 Å². The maximum atomic E-state index is 12.2. The zero-order valence-electron chi connectivity index (χ0n) is 16.4. The highest BCUT2D eigenvalue weighted by molar-refractivity contribution is 6.08. The highest BCUT2D eigenvalue weighted by Crippen LogP contribution is 2.41. The van der Waals surface area contributed by atoms with E-state index in [0.29, 0.717) is 17.5 Å². The number of nitrogens with zero attached hydrogens (tertiary/aromatic N) is 2. The number of urea groups is 1. The topological polar surface area (TPSA) is 133 Å². The van der Waals surface area contributed by atoms with E-state index >= 15 is 0 Å². The Morgan fingerprint density at radius 2 is 1.90 bits per heavy atom. The van der Waals surface area contributed by atoms with E-state index in [1.54, 1.807) is 18.2 Å². The van der Waals surface area contributed by atoms with Gasteiger partial charge in [-0.2, -0.15) is 0 Å². The molecule has 4 rings (SSSR count). The Kier molecular flexibility index (Phi) is 5.40. The van der Waals surface area contributed by atoms with Crippen molar-refractivity contribution in [2.75, 3.05) is 0 Å². The molecule has 1 fully saturated rings. The standard InChI is InChI=1S/C22H20N4O5/c27-17-10-9-16(19(28)25-17)26-20(29)15-8-4-7-14(18(15)21(26)30)12-24-22(31)23-11-13-5-2-1-3-6-13/h1-8,12,16,29-30H,9-11H2,(H,23,31)(H,25,27,28). The van der Waals surface area contributed by atoms with Gasteiger partial charge in [-0.15, -0.1) is 0 Å². The maximum absolute atomic E-state index is 12.2. The third kappa shape index (κ3) is 3.97. The summed E-state index contributed by atoms with van der Waals surface area (Å²) >= 11 is 0. The Labute approximate surface area is 177 Å². The molecule has 3 aromatic rings. The molecule has 1 atom stereocenters. The number of imide groups is 1. The normalized spacial score (nSPS) is 16.6. The summed E-state index contributed by atoms with van der Waals surface area (Å²) in [7, 11) is 0. The monoisotopic (exact) mass is 420 g/mol. The number of aliphatic imine (C=N–C) groups is 1. The van der Waals surface area contributed by atoms with Crippen LogP contribution in [0.4, 0.5) is 4.79 Å². The highest BCUT2D eigenvalue weighted by atomic mass is 16.3. The number of piperidine rings is 1. The average Bonchev–Trinajstić information content (AvgIpc) is 3.02. The van der Waals surface area contributed by atoms with Gasteiger partial charge in [0, 0.05) is 30.1 Å². The maximum Gasteiger partial charge on any atom is 0.341 e. The fourth-order valence-electron chi connectivity index (χ4n) is 3.64. The molecule has 9 nitrogen and oxygen atoms in total. The summed E-state index contributed by atoms with van der Waals surface area (Å²) in [6, 6.07) is 12.7. The molecule has 0 bridgehead atoms. The number of aromatic nitrogens is 1. The van der Waals surface area contributed by atoms with Gasteiger partial charge in [0.25, 0.3) is 0 Å². The number of benzene rings is 2. The van der Waals surface area contributed by atoms with Crippen LogP contribution in [0.25, 0.3) is 10.8 Å². The van der Waals surface area contributed by atoms with Crippen LogP contribution in [0.1, 0.15) is 30.0 Å². The van der Waals surface area contributed by atoms with E-state index < -0.39 is 23.9 Å². The lowest BCUT2D eigenvalue weighted by atomic mass is 10.1. The Morgan fingerprint density at radius 1 is 1.13 bits per heavy atom. The van der Waals surface area contributed by atoms with Crippen LogP contribution in [-0.4, -0.2) is 38.8 Å². The second-order valence-corrected chi connectivity index (χ2v) is 7.16. The van der Waals surface area contributed by atoms with E-state index in [1.165, 1.54) is 6.21 Å². The second-order valence-electron chi connectivity index (χ2n) is 7.16. The summed E-state index contributed by atoms with van der Waals surface area (Å²) in [5, 5.41) is 26.8. The SMILES string of the molecule is O=C1CCC(n2c(O)c3cccc(C=NC(=O)NCc4ccccc4)c3c2O)C(=O)N1. The van der Waals surface area contributed by atoms with Gasteiger partial charge in [-0.3, -0.25) is 19.5 Å². The van der Waals surface area contributed by atoms with E-state index in [9.17, 15) is 24.6 Å². The van der Waals surface area contributed by atoms with Gasteiger partial charge in [0.1, 0.15) is 6.04 Å². The smallest absolute Gasteiger partial charge is 0.341 e. The number of rotatable bonds is 4. The molecule has 158 valence electrons. The molecular formula is C22H20N4O5. The van der Waals surface area contributed by atoms with Crippen LogP contribution in [0.3, 0.4) is 0 Å². The fourth-order valence-corrected chi connectivity index (χ4v) is 3.64. The van der Waals surface area contributed by atoms with E-state index in [4.69, 9.17) is 0 Å². The molecule has 1 aliphatic rings. The summed E-state index contributed by atoms with van der Waals surface area (Å²) in [6.07, 6.45) is 1.54. The van der Waals surface area contributed by atoms with Crippen LogP contribution < -0.4 is 10.6 Å². The molecule has 0 aliphatic carbocycles. The first kappa shape index (κ1) is 20.1. The Bertz CT molecular complexity index is 1200. The Morgan fingerprint density at radius 3 is 2.65 bits per heavy atom. The minimum atomic E-state index is -0.927. The third-order valence-corrected chi connectivity index (χ3v) is 5.15. The molecule has 1 aliphatic heterocycles. The number of fused-ring (bicyclic) bond motifs is 1. The summed E-state index contributed by atoms with van der Waals surface area (Å²) in [5.41, 5.74) is 1.32. The number of hydrogen-bond acceptors (Lipinski definition) is 5. The van der Waals surface area contributed by atoms with Crippen LogP contribution >= 0.6 is 0 Å². The molecule has 9 heteroatoms. The predicted octanol–water partition coefficient (Wildman–Crippen LogP) is 2.36. The molecule has 2 aromatic carbocycles. The Balaban J connectivity index is 1.60. The van der Waals surface area contributed by atoms with Crippen LogP contribution in [0, 0.1) is 0 Å².